The van der Waals surface area contributed by atoms with Crippen LogP contribution in [-0.4, -0.2) is 31.1 Å². The van der Waals surface area contributed by atoms with Gasteiger partial charge in [-0.05, 0) is 18.1 Å². The Bertz CT molecular complexity index is 574. The van der Waals surface area contributed by atoms with Gasteiger partial charge in [-0.3, -0.25) is 0 Å². The molecule has 2 rings (SSSR count). The van der Waals surface area contributed by atoms with E-state index >= 15 is 0 Å². The number of benzene rings is 1. The maximum Gasteiger partial charge on any atom is 0.133 e. The minimum atomic E-state index is 0.363. The predicted molar refractivity (Wildman–Crippen MR) is 85.4 cm³/mol. The molecule has 0 saturated carbocycles. The van der Waals surface area contributed by atoms with Crippen LogP contribution in [-0.2, 0) is 0 Å². The topological polar surface area (TPSA) is 41.1 Å². The Labute approximate surface area is 120 Å². The van der Waals surface area contributed by atoms with Gasteiger partial charge in [-0.15, -0.1) is 0 Å². The molecular weight excluding hydrogens is 248 g/mol. The second-order valence-corrected chi connectivity index (χ2v) is 5.33. The lowest BCUT2D eigenvalue weighted by Gasteiger charge is -2.17. The van der Waals surface area contributed by atoms with Crippen molar-refractivity contribution in [1.29, 1.82) is 0 Å². The quantitative estimate of drug-likeness (QED) is 0.924. The molecule has 4 nitrogen and oxygen atoms in total. The van der Waals surface area contributed by atoms with Crippen LogP contribution >= 0.6 is 0 Å². The Morgan fingerprint density at radius 2 is 1.70 bits per heavy atom. The number of nitrogens with one attached hydrogen (secondary N) is 1. The maximum atomic E-state index is 4.49. The van der Waals surface area contributed by atoms with Gasteiger partial charge in [0.15, 0.2) is 0 Å². The summed E-state index contributed by atoms with van der Waals surface area (Å²) in [6.45, 7) is 4.33. The predicted octanol–water partition coefficient (Wildman–Crippen LogP) is 3.37. The van der Waals surface area contributed by atoms with Crippen molar-refractivity contribution < 1.29 is 0 Å². The molecule has 0 aliphatic carbocycles. The zero-order chi connectivity index (χ0) is 14.7. The summed E-state index contributed by atoms with van der Waals surface area (Å²) < 4.78 is 0. The van der Waals surface area contributed by atoms with E-state index in [1.165, 1.54) is 5.69 Å². The maximum absolute atomic E-state index is 4.49. The zero-order valence-electron chi connectivity index (χ0n) is 12.8. The fourth-order valence-corrected chi connectivity index (χ4v) is 2.29. The summed E-state index contributed by atoms with van der Waals surface area (Å²) in [5.74, 6) is 1.27. The van der Waals surface area contributed by atoms with Crippen LogP contribution in [0.15, 0.2) is 30.6 Å². The van der Waals surface area contributed by atoms with E-state index in [4.69, 9.17) is 0 Å². The molecule has 4 heteroatoms. The second-order valence-electron chi connectivity index (χ2n) is 5.33. The highest BCUT2D eigenvalue weighted by molar-refractivity contribution is 5.70. The van der Waals surface area contributed by atoms with E-state index in [1.54, 1.807) is 6.33 Å². The third-order valence-corrected chi connectivity index (χ3v) is 3.36. The van der Waals surface area contributed by atoms with Crippen LogP contribution in [0.25, 0.3) is 11.3 Å². The zero-order valence-corrected chi connectivity index (χ0v) is 12.8. The van der Waals surface area contributed by atoms with Crippen LogP contribution in [0.5, 0.6) is 0 Å². The molecule has 106 valence electrons. The Morgan fingerprint density at radius 1 is 1.05 bits per heavy atom. The molecule has 1 aromatic carbocycles. The lowest BCUT2D eigenvalue weighted by atomic mass is 9.97. The van der Waals surface area contributed by atoms with Crippen LogP contribution in [0.2, 0.25) is 0 Å². The van der Waals surface area contributed by atoms with E-state index in [0.29, 0.717) is 5.92 Å². The minimum absolute atomic E-state index is 0.363. The van der Waals surface area contributed by atoms with Crippen molar-refractivity contribution >= 4 is 11.5 Å². The van der Waals surface area contributed by atoms with E-state index in [-0.39, 0.29) is 0 Å². The molecule has 2 aromatic rings. The summed E-state index contributed by atoms with van der Waals surface area (Å²) in [5.41, 5.74) is 4.47. The first-order valence-corrected chi connectivity index (χ1v) is 6.85. The Hall–Kier alpha value is -2.10. The Morgan fingerprint density at radius 3 is 2.20 bits per heavy atom. The van der Waals surface area contributed by atoms with Gasteiger partial charge in [0.1, 0.15) is 12.1 Å². The highest BCUT2D eigenvalue weighted by atomic mass is 15.1. The van der Waals surface area contributed by atoms with E-state index in [9.17, 15) is 0 Å². The summed E-state index contributed by atoms with van der Waals surface area (Å²) in [7, 11) is 5.98. The Balaban J connectivity index is 2.51. The molecule has 0 atom stereocenters. The van der Waals surface area contributed by atoms with Crippen molar-refractivity contribution in [1.82, 2.24) is 9.97 Å². The molecule has 1 N–H and O–H groups in total. The standard InChI is InChI=1S/C16H22N4/c1-11(2)14-15(18-10-19-16(14)17-3)12-6-8-13(9-7-12)20(4)5/h6-11H,1-5H3,(H,17,18,19). The fraction of sp³-hybridized carbons (Fsp3) is 0.375. The highest BCUT2D eigenvalue weighted by Gasteiger charge is 2.15. The number of anilines is 2. The van der Waals surface area contributed by atoms with E-state index in [1.807, 2.05) is 21.1 Å². The number of hydrogen-bond acceptors (Lipinski definition) is 4. The molecule has 0 aliphatic heterocycles. The number of aromatic nitrogens is 2. The number of nitrogens with zero attached hydrogens (tertiary/aromatic N) is 3. The molecule has 0 spiro atoms. The van der Waals surface area contributed by atoms with Crippen molar-refractivity contribution in [2.45, 2.75) is 19.8 Å². The largest absolute Gasteiger partial charge is 0.378 e. The Kier molecular flexibility index (Phi) is 4.23. The summed E-state index contributed by atoms with van der Waals surface area (Å²) in [5, 5.41) is 3.16. The monoisotopic (exact) mass is 270 g/mol. The van der Waals surface area contributed by atoms with Gasteiger partial charge in [0.25, 0.3) is 0 Å². The van der Waals surface area contributed by atoms with Crippen LogP contribution in [0.4, 0.5) is 11.5 Å². The van der Waals surface area contributed by atoms with E-state index in [2.05, 4.69) is 58.3 Å². The molecule has 1 aromatic heterocycles. The van der Waals surface area contributed by atoms with Crippen molar-refractivity contribution in [2.24, 2.45) is 0 Å². The summed E-state index contributed by atoms with van der Waals surface area (Å²) in [6, 6.07) is 8.45. The summed E-state index contributed by atoms with van der Waals surface area (Å²) >= 11 is 0. The van der Waals surface area contributed by atoms with Crippen LogP contribution in [0, 0.1) is 0 Å². The molecule has 20 heavy (non-hydrogen) atoms. The smallest absolute Gasteiger partial charge is 0.133 e. The van der Waals surface area contributed by atoms with Crippen molar-refractivity contribution in [2.75, 3.05) is 31.4 Å². The minimum Gasteiger partial charge on any atom is -0.378 e. The average molecular weight is 270 g/mol. The molecule has 0 aliphatic rings. The van der Waals surface area contributed by atoms with Gasteiger partial charge in [-0.25, -0.2) is 9.97 Å². The molecule has 0 amide bonds. The van der Waals surface area contributed by atoms with Gasteiger partial charge in [0.05, 0.1) is 5.69 Å². The number of rotatable bonds is 4. The normalized spacial score (nSPS) is 10.7. The van der Waals surface area contributed by atoms with E-state index in [0.717, 1.165) is 22.6 Å². The van der Waals surface area contributed by atoms with E-state index < -0.39 is 0 Å². The molecule has 0 unspecified atom stereocenters. The van der Waals surface area contributed by atoms with Crippen molar-refractivity contribution in [3.8, 4) is 11.3 Å². The first-order chi connectivity index (χ1) is 9.54. The lowest BCUT2D eigenvalue weighted by molar-refractivity contribution is 0.852. The summed E-state index contributed by atoms with van der Waals surface area (Å²) in [4.78, 5) is 10.9. The van der Waals surface area contributed by atoms with Gasteiger partial charge >= 0.3 is 0 Å². The summed E-state index contributed by atoms with van der Waals surface area (Å²) in [6.07, 6.45) is 1.62. The fourth-order valence-electron chi connectivity index (χ4n) is 2.29. The van der Waals surface area contributed by atoms with Gasteiger partial charge in [-0.2, -0.15) is 0 Å². The second kappa shape index (κ2) is 5.90. The first kappa shape index (κ1) is 14.3. The van der Waals surface area contributed by atoms with Crippen LogP contribution in [0.3, 0.4) is 0 Å². The molecule has 1 heterocycles. The van der Waals surface area contributed by atoms with Crippen LogP contribution < -0.4 is 10.2 Å². The molecule has 0 fully saturated rings. The molecule has 0 bridgehead atoms. The van der Waals surface area contributed by atoms with Crippen molar-refractivity contribution in [3.05, 3.63) is 36.2 Å². The first-order valence-electron chi connectivity index (χ1n) is 6.85. The molecule has 0 saturated heterocycles. The van der Waals surface area contributed by atoms with Gasteiger partial charge in [0.2, 0.25) is 0 Å². The third kappa shape index (κ3) is 2.74. The SMILES string of the molecule is CNc1ncnc(-c2ccc(N(C)C)cc2)c1C(C)C. The number of hydrogen-bond donors (Lipinski definition) is 1. The van der Waals surface area contributed by atoms with Gasteiger partial charge in [-0.1, -0.05) is 26.0 Å². The molecular formula is C16H22N4. The third-order valence-electron chi connectivity index (χ3n) is 3.36. The van der Waals surface area contributed by atoms with Gasteiger partial charge in [0, 0.05) is 38.0 Å². The molecule has 0 radical (unpaired) electrons. The highest BCUT2D eigenvalue weighted by Crippen LogP contribution is 2.32. The lowest BCUT2D eigenvalue weighted by Crippen LogP contribution is -2.08. The van der Waals surface area contributed by atoms with Gasteiger partial charge < -0.3 is 10.2 Å². The average Bonchev–Trinajstić information content (AvgIpc) is 2.46. The van der Waals surface area contributed by atoms with Crippen LogP contribution in [0.1, 0.15) is 25.3 Å². The van der Waals surface area contributed by atoms with Crippen molar-refractivity contribution in [3.63, 3.8) is 0 Å².